The summed E-state index contributed by atoms with van der Waals surface area (Å²) in [7, 11) is 1.77. The summed E-state index contributed by atoms with van der Waals surface area (Å²) in [6, 6.07) is 1.60. The van der Waals surface area contributed by atoms with Crippen molar-refractivity contribution < 1.29 is 4.79 Å². The molecule has 1 atom stereocenters. The topological polar surface area (TPSA) is 66.9 Å². The first-order valence-corrected chi connectivity index (χ1v) is 7.34. The molecule has 0 bridgehead atoms. The van der Waals surface area contributed by atoms with Crippen LogP contribution in [0.4, 0.5) is 5.69 Å². The van der Waals surface area contributed by atoms with E-state index in [-0.39, 0.29) is 11.9 Å². The van der Waals surface area contributed by atoms with Gasteiger partial charge in [0.05, 0.1) is 23.5 Å². The largest absolute Gasteiger partial charge is 0.386 e. The van der Waals surface area contributed by atoms with Gasteiger partial charge in [0.25, 0.3) is 5.91 Å². The molecule has 6 heteroatoms. The van der Waals surface area contributed by atoms with Gasteiger partial charge in [0.15, 0.2) is 0 Å². The molecule has 20 heavy (non-hydrogen) atoms. The molecule has 0 saturated heterocycles. The molecule has 2 heterocycles. The van der Waals surface area contributed by atoms with Gasteiger partial charge in [0.1, 0.15) is 5.01 Å². The summed E-state index contributed by atoms with van der Waals surface area (Å²) in [5.74, 6) is -0.127. The van der Waals surface area contributed by atoms with Crippen molar-refractivity contribution >= 4 is 22.9 Å². The molecule has 5 nitrogen and oxygen atoms in total. The Morgan fingerprint density at radius 2 is 2.25 bits per heavy atom. The number of hydrogen-bond acceptors (Lipinski definition) is 5. The van der Waals surface area contributed by atoms with E-state index in [0.29, 0.717) is 11.3 Å². The summed E-state index contributed by atoms with van der Waals surface area (Å²) in [6.07, 6.45) is 6.08. The molecule has 2 rings (SSSR count). The van der Waals surface area contributed by atoms with E-state index in [1.54, 1.807) is 36.8 Å². The van der Waals surface area contributed by atoms with E-state index in [1.165, 1.54) is 4.88 Å². The number of rotatable bonds is 5. The summed E-state index contributed by atoms with van der Waals surface area (Å²) in [5.41, 5.74) is 1.30. The minimum Gasteiger partial charge on any atom is -0.386 e. The Morgan fingerprint density at radius 1 is 1.45 bits per heavy atom. The first-order valence-electron chi connectivity index (χ1n) is 6.53. The first kappa shape index (κ1) is 14.5. The van der Waals surface area contributed by atoms with Gasteiger partial charge in [0, 0.05) is 24.3 Å². The Kier molecular flexibility index (Phi) is 4.68. The number of pyridine rings is 1. The van der Waals surface area contributed by atoms with Crippen molar-refractivity contribution in [3.05, 3.63) is 40.1 Å². The lowest BCUT2D eigenvalue weighted by atomic mass is 10.2. The Labute approximate surface area is 122 Å². The van der Waals surface area contributed by atoms with Crippen LogP contribution in [0.2, 0.25) is 0 Å². The van der Waals surface area contributed by atoms with Crippen molar-refractivity contribution in [1.82, 2.24) is 15.3 Å². The van der Waals surface area contributed by atoms with Crippen LogP contribution in [0.25, 0.3) is 0 Å². The third-order valence-corrected chi connectivity index (χ3v) is 4.30. The second kappa shape index (κ2) is 6.47. The standard InChI is InChI=1S/C14H18N4OS/c1-4-10-7-17-14(20-10)9(2)18-13(19)11-5-6-16-8-12(11)15-3/h5-9,15H,4H2,1-3H3,(H,18,19). The number of nitrogens with zero attached hydrogens (tertiary/aromatic N) is 2. The van der Waals surface area contributed by atoms with Crippen LogP contribution >= 0.6 is 11.3 Å². The molecule has 0 aromatic carbocycles. The molecule has 0 saturated carbocycles. The highest BCUT2D eigenvalue weighted by Crippen LogP contribution is 2.21. The van der Waals surface area contributed by atoms with Crippen LogP contribution in [0.5, 0.6) is 0 Å². The van der Waals surface area contributed by atoms with Crippen molar-refractivity contribution in [2.45, 2.75) is 26.3 Å². The van der Waals surface area contributed by atoms with E-state index in [2.05, 4.69) is 27.5 Å². The molecule has 1 unspecified atom stereocenters. The first-order chi connectivity index (χ1) is 9.65. The molecule has 0 spiro atoms. The molecule has 0 fully saturated rings. The molecule has 2 N–H and O–H groups in total. The zero-order chi connectivity index (χ0) is 14.5. The van der Waals surface area contributed by atoms with Crippen LogP contribution in [0, 0.1) is 0 Å². The maximum Gasteiger partial charge on any atom is 0.254 e. The lowest BCUT2D eigenvalue weighted by Gasteiger charge is -2.13. The minimum absolute atomic E-state index is 0.106. The summed E-state index contributed by atoms with van der Waals surface area (Å²) >= 11 is 1.63. The van der Waals surface area contributed by atoms with Gasteiger partial charge in [-0.15, -0.1) is 11.3 Å². The molecule has 106 valence electrons. The molecule has 0 aliphatic carbocycles. The number of aromatic nitrogens is 2. The average molecular weight is 290 g/mol. The zero-order valence-corrected chi connectivity index (χ0v) is 12.6. The molecular weight excluding hydrogens is 272 g/mol. The van der Waals surface area contributed by atoms with E-state index in [0.717, 1.165) is 11.4 Å². The predicted molar refractivity (Wildman–Crippen MR) is 81.2 cm³/mol. The van der Waals surface area contributed by atoms with E-state index in [1.807, 2.05) is 13.1 Å². The number of nitrogens with one attached hydrogen (secondary N) is 2. The quantitative estimate of drug-likeness (QED) is 0.888. The Balaban J connectivity index is 2.10. The van der Waals surface area contributed by atoms with Crippen LogP contribution in [-0.4, -0.2) is 22.9 Å². The van der Waals surface area contributed by atoms with Gasteiger partial charge in [0.2, 0.25) is 0 Å². The second-order valence-corrected chi connectivity index (χ2v) is 5.53. The van der Waals surface area contributed by atoms with Crippen LogP contribution < -0.4 is 10.6 Å². The van der Waals surface area contributed by atoms with Crippen molar-refractivity contribution in [2.75, 3.05) is 12.4 Å². The summed E-state index contributed by atoms with van der Waals surface area (Å²) in [6.45, 7) is 4.03. The van der Waals surface area contributed by atoms with Crippen LogP contribution in [0.3, 0.4) is 0 Å². The highest BCUT2D eigenvalue weighted by atomic mass is 32.1. The fourth-order valence-corrected chi connectivity index (χ4v) is 2.67. The van der Waals surface area contributed by atoms with Crippen LogP contribution in [0.15, 0.2) is 24.7 Å². The molecule has 0 aliphatic rings. The summed E-state index contributed by atoms with van der Waals surface area (Å²) in [4.78, 5) is 21.9. The molecule has 2 aromatic rings. The third-order valence-electron chi connectivity index (χ3n) is 2.97. The molecule has 1 amide bonds. The Bertz CT molecular complexity index is 596. The number of aryl methyl sites for hydroxylation is 1. The van der Waals surface area contributed by atoms with Crippen molar-refractivity contribution in [3.63, 3.8) is 0 Å². The van der Waals surface area contributed by atoms with Gasteiger partial charge >= 0.3 is 0 Å². The highest BCUT2D eigenvalue weighted by Gasteiger charge is 2.16. The van der Waals surface area contributed by atoms with Gasteiger partial charge < -0.3 is 10.6 Å². The predicted octanol–water partition coefficient (Wildman–Crippen LogP) is 2.63. The fourth-order valence-electron chi connectivity index (χ4n) is 1.81. The second-order valence-electron chi connectivity index (χ2n) is 4.38. The highest BCUT2D eigenvalue weighted by molar-refractivity contribution is 7.11. The summed E-state index contributed by atoms with van der Waals surface area (Å²) < 4.78 is 0. The van der Waals surface area contributed by atoms with Gasteiger partial charge in [-0.05, 0) is 19.4 Å². The van der Waals surface area contributed by atoms with Gasteiger partial charge in [-0.25, -0.2) is 4.98 Å². The number of carbonyl (C=O) groups is 1. The molecule has 2 aromatic heterocycles. The normalized spacial score (nSPS) is 11.9. The van der Waals surface area contributed by atoms with Gasteiger partial charge in [-0.3, -0.25) is 9.78 Å². The van der Waals surface area contributed by atoms with E-state index >= 15 is 0 Å². The lowest BCUT2D eigenvalue weighted by Crippen LogP contribution is -2.27. The summed E-state index contributed by atoms with van der Waals surface area (Å²) in [5, 5.41) is 6.86. The van der Waals surface area contributed by atoms with Crippen LogP contribution in [0.1, 0.15) is 40.1 Å². The Hall–Kier alpha value is -1.95. The molecule has 0 radical (unpaired) electrons. The lowest BCUT2D eigenvalue weighted by molar-refractivity contribution is 0.0940. The third kappa shape index (κ3) is 3.14. The number of amides is 1. The zero-order valence-electron chi connectivity index (χ0n) is 11.8. The minimum atomic E-state index is -0.127. The number of hydrogen-bond donors (Lipinski definition) is 2. The number of anilines is 1. The van der Waals surface area contributed by atoms with Gasteiger partial charge in [-0.1, -0.05) is 6.92 Å². The monoisotopic (exact) mass is 290 g/mol. The van der Waals surface area contributed by atoms with E-state index in [9.17, 15) is 4.79 Å². The van der Waals surface area contributed by atoms with Crippen molar-refractivity contribution in [1.29, 1.82) is 0 Å². The fraction of sp³-hybridized carbons (Fsp3) is 0.357. The van der Waals surface area contributed by atoms with Crippen molar-refractivity contribution in [3.8, 4) is 0 Å². The molecular formula is C14H18N4OS. The number of carbonyl (C=O) groups excluding carboxylic acids is 1. The van der Waals surface area contributed by atoms with E-state index in [4.69, 9.17) is 0 Å². The maximum atomic E-state index is 12.3. The van der Waals surface area contributed by atoms with Crippen LogP contribution in [-0.2, 0) is 6.42 Å². The maximum absolute atomic E-state index is 12.3. The Morgan fingerprint density at radius 3 is 2.90 bits per heavy atom. The number of thiazole rings is 1. The smallest absolute Gasteiger partial charge is 0.254 e. The van der Waals surface area contributed by atoms with Crippen molar-refractivity contribution in [2.24, 2.45) is 0 Å². The SMILES string of the molecule is CCc1cnc(C(C)NC(=O)c2ccncc2NC)s1. The average Bonchev–Trinajstić information content (AvgIpc) is 2.96. The van der Waals surface area contributed by atoms with E-state index < -0.39 is 0 Å². The molecule has 0 aliphatic heterocycles. The van der Waals surface area contributed by atoms with Gasteiger partial charge in [-0.2, -0.15) is 0 Å².